The standard InChI is InChI=1S/C8H12/c1-2-4-6-8-7-5-3-1/h1-2,7-8H,3-6H2/b2-1+,8-7+. The molecule has 0 radical (unpaired) electrons. The molecule has 0 fully saturated rings. The molecule has 1 rings (SSSR count). The Morgan fingerprint density at radius 3 is 1.00 bits per heavy atom. The van der Waals surface area contributed by atoms with Crippen molar-refractivity contribution in [2.75, 3.05) is 0 Å². The first-order valence-electron chi connectivity index (χ1n) is 3.30. The van der Waals surface area contributed by atoms with Crippen molar-refractivity contribution in [3.8, 4) is 0 Å². The van der Waals surface area contributed by atoms with Gasteiger partial charge in [-0.15, -0.1) is 0 Å². The Morgan fingerprint density at radius 2 is 0.750 bits per heavy atom. The van der Waals surface area contributed by atoms with E-state index in [1.54, 1.807) is 0 Å². The average Bonchev–Trinajstić information content (AvgIpc) is 1.62. The molecule has 0 atom stereocenters. The first kappa shape index (κ1) is 5.61. The summed E-state index contributed by atoms with van der Waals surface area (Å²) in [5.74, 6) is 0. The number of allylic oxidation sites excluding steroid dienone is 4. The van der Waals surface area contributed by atoms with Crippen molar-refractivity contribution in [1.29, 1.82) is 0 Å². The predicted octanol–water partition coefficient (Wildman–Crippen LogP) is 2.67. The summed E-state index contributed by atoms with van der Waals surface area (Å²) in [7, 11) is 0. The average molecular weight is 108 g/mol. The summed E-state index contributed by atoms with van der Waals surface area (Å²) in [5, 5.41) is 0. The molecule has 0 amide bonds. The monoisotopic (exact) mass is 108 g/mol. The Morgan fingerprint density at radius 1 is 0.500 bits per heavy atom. The highest BCUT2D eigenvalue weighted by atomic mass is 13.9. The van der Waals surface area contributed by atoms with Gasteiger partial charge in [0, 0.05) is 0 Å². The molecule has 0 spiro atoms. The molecule has 0 aromatic carbocycles. The van der Waals surface area contributed by atoms with E-state index in [2.05, 4.69) is 24.3 Å². The van der Waals surface area contributed by atoms with E-state index in [0.29, 0.717) is 0 Å². The van der Waals surface area contributed by atoms with Gasteiger partial charge in [-0.05, 0) is 25.7 Å². The maximum atomic E-state index is 2.27. The summed E-state index contributed by atoms with van der Waals surface area (Å²) < 4.78 is 0. The van der Waals surface area contributed by atoms with E-state index in [1.807, 2.05) is 0 Å². The minimum absolute atomic E-state index is 1.23. The third kappa shape index (κ3) is 1.97. The van der Waals surface area contributed by atoms with Gasteiger partial charge in [0.1, 0.15) is 0 Å². The maximum absolute atomic E-state index is 2.27. The normalized spacial score (nSPS) is 28.0. The molecule has 0 aliphatic heterocycles. The quantitative estimate of drug-likeness (QED) is 0.418. The van der Waals surface area contributed by atoms with Gasteiger partial charge in [0.2, 0.25) is 0 Å². The lowest BCUT2D eigenvalue weighted by atomic mass is 10.1. The molecule has 1 aliphatic carbocycles. The van der Waals surface area contributed by atoms with Crippen molar-refractivity contribution in [1.82, 2.24) is 0 Å². The number of hydrogen-bond acceptors (Lipinski definition) is 0. The molecule has 0 unspecified atom stereocenters. The fourth-order valence-electron chi connectivity index (χ4n) is 0.856. The zero-order chi connectivity index (χ0) is 5.66. The molecule has 0 aromatic heterocycles. The van der Waals surface area contributed by atoms with Crippen LogP contribution in [0.25, 0.3) is 0 Å². The smallest absolute Gasteiger partial charge is 0.0316 e. The number of hydrogen-bond donors (Lipinski definition) is 0. The lowest BCUT2D eigenvalue weighted by molar-refractivity contribution is 0.962. The molecule has 0 nitrogen and oxygen atoms in total. The highest BCUT2D eigenvalue weighted by Gasteiger charge is 1.81. The van der Waals surface area contributed by atoms with Gasteiger partial charge in [0.05, 0.1) is 0 Å². The Hall–Kier alpha value is -0.520. The molecule has 0 saturated heterocycles. The van der Waals surface area contributed by atoms with Crippen molar-refractivity contribution < 1.29 is 0 Å². The fraction of sp³-hybridized carbons (Fsp3) is 0.500. The van der Waals surface area contributed by atoms with Crippen LogP contribution in [0.1, 0.15) is 25.7 Å². The van der Waals surface area contributed by atoms with E-state index < -0.39 is 0 Å². The molecule has 44 valence electrons. The van der Waals surface area contributed by atoms with E-state index >= 15 is 0 Å². The highest BCUT2D eigenvalue weighted by molar-refractivity contribution is 4.93. The van der Waals surface area contributed by atoms with Crippen LogP contribution >= 0.6 is 0 Å². The van der Waals surface area contributed by atoms with E-state index in [9.17, 15) is 0 Å². The lowest BCUT2D eigenvalue weighted by Gasteiger charge is -1.92. The summed E-state index contributed by atoms with van der Waals surface area (Å²) in [5.41, 5.74) is 0. The summed E-state index contributed by atoms with van der Waals surface area (Å²) >= 11 is 0. The molecule has 0 heteroatoms. The van der Waals surface area contributed by atoms with Crippen LogP contribution < -0.4 is 0 Å². The van der Waals surface area contributed by atoms with Gasteiger partial charge < -0.3 is 0 Å². The van der Waals surface area contributed by atoms with Crippen LogP contribution in [0, 0.1) is 0 Å². The largest absolute Gasteiger partial charge is 0.0882 e. The fourth-order valence-corrected chi connectivity index (χ4v) is 0.856. The molecular formula is C8H12. The van der Waals surface area contributed by atoms with Crippen LogP contribution in [0.3, 0.4) is 0 Å². The van der Waals surface area contributed by atoms with Crippen molar-refractivity contribution in [2.24, 2.45) is 0 Å². The Kier molecular flexibility index (Phi) is 2.44. The second kappa shape index (κ2) is 3.48. The molecule has 0 bridgehead atoms. The van der Waals surface area contributed by atoms with Crippen molar-refractivity contribution >= 4 is 0 Å². The minimum Gasteiger partial charge on any atom is -0.0882 e. The second-order valence-electron chi connectivity index (χ2n) is 2.10. The van der Waals surface area contributed by atoms with Gasteiger partial charge in [0.15, 0.2) is 0 Å². The van der Waals surface area contributed by atoms with Crippen LogP contribution in [0.2, 0.25) is 0 Å². The topological polar surface area (TPSA) is 0 Å². The zero-order valence-corrected chi connectivity index (χ0v) is 5.14. The third-order valence-corrected chi connectivity index (χ3v) is 1.33. The first-order valence-corrected chi connectivity index (χ1v) is 3.30. The first-order chi connectivity index (χ1) is 4.00. The van der Waals surface area contributed by atoms with Gasteiger partial charge in [-0.2, -0.15) is 0 Å². The highest BCUT2D eigenvalue weighted by Crippen LogP contribution is 2.02. The van der Waals surface area contributed by atoms with Gasteiger partial charge in [-0.25, -0.2) is 0 Å². The summed E-state index contributed by atoms with van der Waals surface area (Å²) in [6.07, 6.45) is 14.0. The lowest BCUT2D eigenvalue weighted by Crippen LogP contribution is -1.71. The second-order valence-corrected chi connectivity index (χ2v) is 2.10. The summed E-state index contributed by atoms with van der Waals surface area (Å²) in [4.78, 5) is 0. The van der Waals surface area contributed by atoms with Gasteiger partial charge in [-0.1, -0.05) is 24.3 Å². The van der Waals surface area contributed by atoms with E-state index in [4.69, 9.17) is 0 Å². The summed E-state index contributed by atoms with van der Waals surface area (Å²) in [6, 6.07) is 0. The molecule has 0 aromatic rings. The Bertz CT molecular complexity index is 72.6. The van der Waals surface area contributed by atoms with Gasteiger partial charge in [-0.3, -0.25) is 0 Å². The van der Waals surface area contributed by atoms with Crippen molar-refractivity contribution in [3.05, 3.63) is 24.3 Å². The predicted molar refractivity (Wildman–Crippen MR) is 36.7 cm³/mol. The number of rotatable bonds is 0. The van der Waals surface area contributed by atoms with Crippen LogP contribution in [0.5, 0.6) is 0 Å². The van der Waals surface area contributed by atoms with Gasteiger partial charge in [0.25, 0.3) is 0 Å². The van der Waals surface area contributed by atoms with Crippen LogP contribution in [-0.4, -0.2) is 0 Å². The van der Waals surface area contributed by atoms with Crippen molar-refractivity contribution in [3.63, 3.8) is 0 Å². The van der Waals surface area contributed by atoms with E-state index in [-0.39, 0.29) is 0 Å². The third-order valence-electron chi connectivity index (χ3n) is 1.33. The zero-order valence-electron chi connectivity index (χ0n) is 5.14. The molecule has 8 heavy (non-hydrogen) atoms. The molecule has 0 heterocycles. The van der Waals surface area contributed by atoms with Crippen molar-refractivity contribution in [2.45, 2.75) is 25.7 Å². The maximum Gasteiger partial charge on any atom is -0.0316 e. The Balaban J connectivity index is 2.29. The minimum atomic E-state index is 1.23. The molecule has 0 saturated carbocycles. The SMILES string of the molecule is C1=C/CC/C=C/CC/1. The van der Waals surface area contributed by atoms with E-state index in [1.165, 1.54) is 25.7 Å². The van der Waals surface area contributed by atoms with Crippen LogP contribution in [0.4, 0.5) is 0 Å². The van der Waals surface area contributed by atoms with Crippen LogP contribution in [0.15, 0.2) is 24.3 Å². The summed E-state index contributed by atoms with van der Waals surface area (Å²) in [6.45, 7) is 0. The van der Waals surface area contributed by atoms with E-state index in [0.717, 1.165) is 0 Å². The van der Waals surface area contributed by atoms with Gasteiger partial charge >= 0.3 is 0 Å². The molecule has 1 aliphatic rings. The molecule has 0 N–H and O–H groups in total. The Labute approximate surface area is 50.9 Å². The molecular weight excluding hydrogens is 96.1 g/mol. The van der Waals surface area contributed by atoms with Crippen LogP contribution in [-0.2, 0) is 0 Å².